The molecule has 0 saturated heterocycles. The maximum atomic E-state index is 11.8. The summed E-state index contributed by atoms with van der Waals surface area (Å²) in [7, 11) is 0. The van der Waals surface area contributed by atoms with Crippen LogP contribution in [0.1, 0.15) is 5.56 Å². The average Bonchev–Trinajstić information content (AvgIpc) is 2.56. The molecule has 0 radical (unpaired) electrons. The number of anilines is 2. The number of rotatable bonds is 1. The highest BCUT2D eigenvalue weighted by molar-refractivity contribution is 6.03. The van der Waals surface area contributed by atoms with Gasteiger partial charge in [-0.25, -0.2) is 0 Å². The molecule has 0 fully saturated rings. The normalized spacial score (nSPS) is 11.2. The maximum Gasteiger partial charge on any atom is 0.182 e. The number of phenolic OH excluding ortho intramolecular Hbond substituents is 1. The van der Waals surface area contributed by atoms with E-state index >= 15 is 0 Å². The highest BCUT2D eigenvalue weighted by atomic mass is 16.3. The second-order valence-electron chi connectivity index (χ2n) is 6.11. The van der Waals surface area contributed by atoms with Crippen molar-refractivity contribution in [2.75, 3.05) is 11.5 Å². The van der Waals surface area contributed by atoms with Gasteiger partial charge < -0.3 is 21.0 Å². The standard InChI is InChI=1S/C20H16N2O3/c1-10-6-16(21)17(22)9-15(10)20-13-4-2-11(23)7-18(13)25-19-8-12(24)3-5-14(19)20/h2-9,23H,21-22H2,1H3. The molecule has 0 amide bonds. The van der Waals surface area contributed by atoms with E-state index in [4.69, 9.17) is 15.9 Å². The molecule has 0 atom stereocenters. The summed E-state index contributed by atoms with van der Waals surface area (Å²) in [5, 5.41) is 10.6. The molecule has 1 aliphatic carbocycles. The molecule has 2 aliphatic rings. The molecular weight excluding hydrogens is 316 g/mol. The number of hydrogen-bond donors (Lipinski definition) is 3. The van der Waals surface area contributed by atoms with Gasteiger partial charge in [0.15, 0.2) is 5.43 Å². The molecule has 5 heteroatoms. The van der Waals surface area contributed by atoms with Crippen molar-refractivity contribution in [2.24, 2.45) is 0 Å². The molecular formula is C20H16N2O3. The fraction of sp³-hybridized carbons (Fsp3) is 0.0500. The molecule has 0 bridgehead atoms. The minimum absolute atomic E-state index is 0.0911. The molecule has 5 nitrogen and oxygen atoms in total. The van der Waals surface area contributed by atoms with Crippen LogP contribution in [0, 0.1) is 6.92 Å². The van der Waals surface area contributed by atoms with Crippen LogP contribution in [0.2, 0.25) is 0 Å². The quantitative estimate of drug-likeness (QED) is 0.364. The molecule has 0 aromatic heterocycles. The van der Waals surface area contributed by atoms with Gasteiger partial charge in [0.25, 0.3) is 0 Å². The molecule has 2 aromatic carbocycles. The molecule has 0 unspecified atom stereocenters. The number of benzene rings is 3. The van der Waals surface area contributed by atoms with Gasteiger partial charge in [0.05, 0.1) is 11.4 Å². The predicted molar refractivity (Wildman–Crippen MR) is 99.8 cm³/mol. The zero-order valence-corrected chi connectivity index (χ0v) is 13.5. The molecule has 5 N–H and O–H groups in total. The summed E-state index contributed by atoms with van der Waals surface area (Å²) in [6.45, 7) is 1.95. The van der Waals surface area contributed by atoms with Crippen LogP contribution in [-0.4, -0.2) is 5.11 Å². The molecule has 0 spiro atoms. The van der Waals surface area contributed by atoms with Gasteiger partial charge in [-0.2, -0.15) is 0 Å². The lowest BCUT2D eigenvalue weighted by atomic mass is 9.90. The fourth-order valence-electron chi connectivity index (χ4n) is 3.17. The van der Waals surface area contributed by atoms with E-state index in [2.05, 4.69) is 0 Å². The van der Waals surface area contributed by atoms with Crippen molar-refractivity contribution in [3.05, 3.63) is 64.3 Å². The fourth-order valence-corrected chi connectivity index (χ4v) is 3.17. The predicted octanol–water partition coefficient (Wildman–Crippen LogP) is 3.74. The van der Waals surface area contributed by atoms with Gasteiger partial charge >= 0.3 is 0 Å². The first-order valence-corrected chi connectivity index (χ1v) is 7.79. The number of aromatic hydroxyl groups is 1. The Kier molecular flexibility index (Phi) is 3.18. The van der Waals surface area contributed by atoms with Gasteiger partial charge in [0.1, 0.15) is 17.1 Å². The third kappa shape index (κ3) is 2.37. The molecule has 124 valence electrons. The van der Waals surface area contributed by atoms with Gasteiger partial charge in [-0.1, -0.05) is 0 Å². The first-order chi connectivity index (χ1) is 11.9. The van der Waals surface area contributed by atoms with E-state index in [9.17, 15) is 9.90 Å². The first-order valence-electron chi connectivity index (χ1n) is 7.79. The molecule has 1 heterocycles. The summed E-state index contributed by atoms with van der Waals surface area (Å²) in [5.41, 5.74) is 16.8. The summed E-state index contributed by atoms with van der Waals surface area (Å²) in [5.74, 6) is 0.545. The van der Waals surface area contributed by atoms with Crippen LogP contribution in [0.5, 0.6) is 5.75 Å². The van der Waals surface area contributed by atoms with Crippen LogP contribution in [0.25, 0.3) is 33.4 Å². The second-order valence-corrected chi connectivity index (χ2v) is 6.11. The lowest BCUT2D eigenvalue weighted by Crippen LogP contribution is -2.01. The van der Waals surface area contributed by atoms with Crippen molar-refractivity contribution in [2.45, 2.75) is 6.92 Å². The lowest BCUT2D eigenvalue weighted by molar-refractivity contribution is 0.474. The molecule has 2 aromatic rings. The van der Waals surface area contributed by atoms with Gasteiger partial charge in [-0.05, 0) is 54.4 Å². The van der Waals surface area contributed by atoms with Crippen LogP contribution in [0.15, 0.2) is 57.7 Å². The van der Waals surface area contributed by atoms with E-state index in [0.29, 0.717) is 22.7 Å². The van der Waals surface area contributed by atoms with Gasteiger partial charge in [0, 0.05) is 28.6 Å². The van der Waals surface area contributed by atoms with E-state index in [0.717, 1.165) is 27.6 Å². The van der Waals surface area contributed by atoms with E-state index < -0.39 is 0 Å². The van der Waals surface area contributed by atoms with E-state index in [1.807, 2.05) is 19.1 Å². The Morgan fingerprint density at radius 1 is 0.920 bits per heavy atom. The Morgan fingerprint density at radius 3 is 2.48 bits per heavy atom. The number of nitrogen functional groups attached to an aromatic ring is 2. The van der Waals surface area contributed by atoms with Crippen LogP contribution in [0.3, 0.4) is 0 Å². The molecule has 0 saturated carbocycles. The third-order valence-corrected chi connectivity index (χ3v) is 4.38. The highest BCUT2D eigenvalue weighted by Gasteiger charge is 2.19. The van der Waals surface area contributed by atoms with Crippen LogP contribution in [-0.2, 0) is 0 Å². The summed E-state index contributed by atoms with van der Waals surface area (Å²) in [6, 6.07) is 13.3. The summed E-state index contributed by atoms with van der Waals surface area (Å²) < 4.78 is 5.85. The Morgan fingerprint density at radius 2 is 1.68 bits per heavy atom. The van der Waals surface area contributed by atoms with Crippen LogP contribution in [0.4, 0.5) is 11.4 Å². The zero-order chi connectivity index (χ0) is 17.7. The minimum atomic E-state index is -0.143. The van der Waals surface area contributed by atoms with Gasteiger partial charge in [0.2, 0.25) is 0 Å². The van der Waals surface area contributed by atoms with Crippen molar-refractivity contribution in [1.82, 2.24) is 0 Å². The summed E-state index contributed by atoms with van der Waals surface area (Å²) in [4.78, 5) is 11.8. The van der Waals surface area contributed by atoms with Crippen molar-refractivity contribution >= 4 is 22.3 Å². The number of nitrogens with two attached hydrogens (primary N) is 2. The van der Waals surface area contributed by atoms with Crippen LogP contribution < -0.4 is 16.9 Å². The smallest absolute Gasteiger partial charge is 0.182 e. The Bertz CT molecular complexity index is 1160. The number of phenols is 1. The SMILES string of the molecule is Cc1cc(N)c(N)cc1-c1c2ccc(=O)cc-2oc2cc(O)ccc12. The monoisotopic (exact) mass is 332 g/mol. The molecule has 25 heavy (non-hydrogen) atoms. The number of aryl methyl sites for hydroxylation is 1. The Hall–Kier alpha value is -3.47. The molecule has 4 rings (SSSR count). The minimum Gasteiger partial charge on any atom is -0.508 e. The van der Waals surface area contributed by atoms with Crippen molar-refractivity contribution in [3.8, 4) is 28.2 Å². The first kappa shape index (κ1) is 15.1. The van der Waals surface area contributed by atoms with E-state index in [-0.39, 0.29) is 11.2 Å². The van der Waals surface area contributed by atoms with E-state index in [1.54, 1.807) is 18.2 Å². The Labute approximate surface area is 143 Å². The summed E-state index contributed by atoms with van der Waals surface area (Å²) >= 11 is 0. The number of fused-ring (bicyclic) bond motifs is 2. The third-order valence-electron chi connectivity index (χ3n) is 4.38. The highest BCUT2D eigenvalue weighted by Crippen LogP contribution is 2.42. The molecule has 1 aliphatic heterocycles. The van der Waals surface area contributed by atoms with Crippen LogP contribution >= 0.6 is 0 Å². The second kappa shape index (κ2) is 5.27. The van der Waals surface area contributed by atoms with Crippen molar-refractivity contribution in [3.63, 3.8) is 0 Å². The Balaban J connectivity index is 2.21. The van der Waals surface area contributed by atoms with E-state index in [1.165, 1.54) is 18.2 Å². The van der Waals surface area contributed by atoms with Crippen molar-refractivity contribution < 1.29 is 9.52 Å². The largest absolute Gasteiger partial charge is 0.508 e. The zero-order valence-electron chi connectivity index (χ0n) is 13.5. The summed E-state index contributed by atoms with van der Waals surface area (Å²) in [6.07, 6.45) is 0. The average molecular weight is 332 g/mol. The number of hydrogen-bond acceptors (Lipinski definition) is 5. The van der Waals surface area contributed by atoms with Crippen molar-refractivity contribution in [1.29, 1.82) is 0 Å². The van der Waals surface area contributed by atoms with Gasteiger partial charge in [-0.15, -0.1) is 0 Å². The maximum absolute atomic E-state index is 11.8. The van der Waals surface area contributed by atoms with Gasteiger partial charge in [-0.3, -0.25) is 4.79 Å². The topological polar surface area (TPSA) is 102 Å². The lowest BCUT2D eigenvalue weighted by Gasteiger charge is -2.17.